The molecule has 2 atom stereocenters. The molecule has 2 aliphatic heterocycles. The van der Waals surface area contributed by atoms with Crippen LogP contribution in [-0.4, -0.2) is 67.3 Å². The van der Waals surface area contributed by atoms with Gasteiger partial charge in [-0.3, -0.25) is 14.7 Å². The van der Waals surface area contributed by atoms with Crippen molar-refractivity contribution >= 4 is 15.7 Å². The van der Waals surface area contributed by atoms with Gasteiger partial charge in [0.15, 0.2) is 0 Å². The third-order valence-electron chi connectivity index (χ3n) is 5.38. The summed E-state index contributed by atoms with van der Waals surface area (Å²) in [5.74, 6) is 1.03. The van der Waals surface area contributed by atoms with E-state index in [0.29, 0.717) is 11.8 Å². The molecule has 0 spiro atoms. The maximum atomic E-state index is 12.3. The molecule has 2 aliphatic rings. The molecule has 0 saturated carbocycles. The summed E-state index contributed by atoms with van der Waals surface area (Å²) in [6.45, 7) is 4.59. The fourth-order valence-corrected chi connectivity index (χ4v) is 4.49. The maximum absolute atomic E-state index is 12.3. The van der Waals surface area contributed by atoms with Crippen molar-refractivity contribution in [3.05, 3.63) is 30.1 Å². The highest BCUT2D eigenvalue weighted by molar-refractivity contribution is 7.90. The van der Waals surface area contributed by atoms with Crippen LogP contribution in [0.5, 0.6) is 0 Å². The van der Waals surface area contributed by atoms with Crippen LogP contribution in [0.3, 0.4) is 0 Å². The summed E-state index contributed by atoms with van der Waals surface area (Å²) in [6, 6.07) is 4.09. The zero-order chi connectivity index (χ0) is 17.9. The van der Waals surface area contributed by atoms with Gasteiger partial charge in [-0.1, -0.05) is 6.07 Å². The second kappa shape index (κ2) is 7.83. The number of nitrogens with zero attached hydrogens (tertiary/aromatic N) is 3. The second-order valence-corrected chi connectivity index (χ2v) is 9.67. The van der Waals surface area contributed by atoms with Gasteiger partial charge in [0.2, 0.25) is 5.91 Å². The Hall–Kier alpha value is -1.47. The van der Waals surface area contributed by atoms with Gasteiger partial charge in [0.1, 0.15) is 9.84 Å². The van der Waals surface area contributed by atoms with Crippen LogP contribution in [0.2, 0.25) is 0 Å². The zero-order valence-electron chi connectivity index (χ0n) is 14.8. The van der Waals surface area contributed by atoms with Crippen LogP contribution in [-0.2, 0) is 21.2 Å². The lowest BCUT2D eigenvalue weighted by molar-refractivity contribution is -0.130. The van der Waals surface area contributed by atoms with E-state index < -0.39 is 9.84 Å². The van der Waals surface area contributed by atoms with Crippen molar-refractivity contribution in [2.75, 3.05) is 38.2 Å². The molecule has 1 aromatic rings. The average Bonchev–Trinajstić information content (AvgIpc) is 2.90. The number of carbonyl (C=O) groups excluding carboxylic acids is 1. The number of hydrogen-bond acceptors (Lipinski definition) is 5. The fourth-order valence-electron chi connectivity index (χ4n) is 3.94. The van der Waals surface area contributed by atoms with Gasteiger partial charge < -0.3 is 4.90 Å². The van der Waals surface area contributed by atoms with Crippen LogP contribution in [0, 0.1) is 11.8 Å². The molecule has 2 fully saturated rings. The van der Waals surface area contributed by atoms with Gasteiger partial charge in [-0.2, -0.15) is 0 Å². The molecule has 0 aliphatic carbocycles. The lowest BCUT2D eigenvalue weighted by Crippen LogP contribution is -2.32. The molecule has 7 heteroatoms. The number of amides is 1. The molecule has 2 saturated heterocycles. The van der Waals surface area contributed by atoms with Gasteiger partial charge in [-0.15, -0.1) is 0 Å². The third kappa shape index (κ3) is 5.25. The number of hydrogen-bond donors (Lipinski definition) is 0. The number of likely N-dealkylation sites (tertiary alicyclic amines) is 2. The molecule has 0 bridgehead atoms. The summed E-state index contributed by atoms with van der Waals surface area (Å²) >= 11 is 0. The summed E-state index contributed by atoms with van der Waals surface area (Å²) < 4.78 is 22.5. The van der Waals surface area contributed by atoms with Gasteiger partial charge in [-0.05, 0) is 49.4 Å². The highest BCUT2D eigenvalue weighted by Gasteiger charge is 2.36. The summed E-state index contributed by atoms with van der Waals surface area (Å²) in [5, 5.41) is 0. The van der Waals surface area contributed by atoms with E-state index in [9.17, 15) is 13.2 Å². The van der Waals surface area contributed by atoms with E-state index in [0.717, 1.165) is 45.6 Å². The minimum atomic E-state index is -3.08. The van der Waals surface area contributed by atoms with Crippen molar-refractivity contribution in [1.82, 2.24) is 14.8 Å². The molecule has 25 heavy (non-hydrogen) atoms. The zero-order valence-corrected chi connectivity index (χ0v) is 15.6. The standard InChI is InChI=1S/C18H27N3O3S/c1-25(23,24)10-6-18(22)21-13-16-4-8-20(9-5-17(16)14-21)12-15-3-2-7-19-11-15/h2-3,7,11,16-17H,4-6,8-10,12-14H2,1H3/t16-,17+. The van der Waals surface area contributed by atoms with Crippen LogP contribution in [0.15, 0.2) is 24.5 Å². The number of aromatic nitrogens is 1. The Morgan fingerprint density at radius 1 is 1.24 bits per heavy atom. The first-order chi connectivity index (χ1) is 11.9. The largest absolute Gasteiger partial charge is 0.342 e. The Morgan fingerprint density at radius 2 is 1.92 bits per heavy atom. The fraction of sp³-hybridized carbons (Fsp3) is 0.667. The molecule has 0 N–H and O–H groups in total. The van der Waals surface area contributed by atoms with E-state index in [1.807, 2.05) is 17.2 Å². The smallest absolute Gasteiger partial charge is 0.223 e. The number of rotatable bonds is 5. The molecule has 0 unspecified atom stereocenters. The first kappa shape index (κ1) is 18.3. The van der Waals surface area contributed by atoms with Crippen molar-refractivity contribution in [3.63, 3.8) is 0 Å². The minimum absolute atomic E-state index is 0.00860. The highest BCUT2D eigenvalue weighted by Crippen LogP contribution is 2.32. The third-order valence-corrected chi connectivity index (χ3v) is 6.32. The molecular weight excluding hydrogens is 338 g/mol. The van der Waals surface area contributed by atoms with E-state index >= 15 is 0 Å². The van der Waals surface area contributed by atoms with Gasteiger partial charge in [0.05, 0.1) is 5.75 Å². The lowest BCUT2D eigenvalue weighted by Gasteiger charge is -2.22. The van der Waals surface area contributed by atoms with Gasteiger partial charge in [0.25, 0.3) is 0 Å². The molecule has 6 nitrogen and oxygen atoms in total. The maximum Gasteiger partial charge on any atom is 0.223 e. The molecule has 1 aromatic heterocycles. The van der Waals surface area contributed by atoms with Crippen molar-refractivity contribution in [1.29, 1.82) is 0 Å². The topological polar surface area (TPSA) is 70.6 Å². The molecular formula is C18H27N3O3S. The quantitative estimate of drug-likeness (QED) is 0.784. The predicted octanol–water partition coefficient (Wildman–Crippen LogP) is 1.19. The van der Waals surface area contributed by atoms with Crippen LogP contribution < -0.4 is 0 Å². The Balaban J connectivity index is 1.49. The Labute approximate surface area is 150 Å². The van der Waals surface area contributed by atoms with Crippen LogP contribution in [0.4, 0.5) is 0 Å². The van der Waals surface area contributed by atoms with Crippen molar-refractivity contribution in [3.8, 4) is 0 Å². The minimum Gasteiger partial charge on any atom is -0.342 e. The van der Waals surface area contributed by atoms with E-state index in [-0.39, 0.29) is 18.1 Å². The summed E-state index contributed by atoms with van der Waals surface area (Å²) in [4.78, 5) is 20.8. The van der Waals surface area contributed by atoms with E-state index in [1.165, 1.54) is 11.8 Å². The second-order valence-electron chi connectivity index (χ2n) is 7.41. The molecule has 3 rings (SSSR count). The summed E-state index contributed by atoms with van der Waals surface area (Å²) in [5.41, 5.74) is 1.24. The van der Waals surface area contributed by atoms with E-state index in [1.54, 1.807) is 6.20 Å². The summed E-state index contributed by atoms with van der Waals surface area (Å²) in [6.07, 6.45) is 7.22. The molecule has 1 amide bonds. The predicted molar refractivity (Wildman–Crippen MR) is 96.6 cm³/mol. The molecule has 3 heterocycles. The monoisotopic (exact) mass is 365 g/mol. The van der Waals surface area contributed by atoms with Gasteiger partial charge in [-0.25, -0.2) is 8.42 Å². The molecule has 138 valence electrons. The van der Waals surface area contributed by atoms with Gasteiger partial charge >= 0.3 is 0 Å². The van der Waals surface area contributed by atoms with Crippen LogP contribution in [0.25, 0.3) is 0 Å². The van der Waals surface area contributed by atoms with Crippen molar-refractivity contribution < 1.29 is 13.2 Å². The first-order valence-electron chi connectivity index (χ1n) is 8.97. The molecule has 0 aromatic carbocycles. The number of fused-ring (bicyclic) bond motifs is 1. The Bertz CT molecular complexity index is 677. The average molecular weight is 365 g/mol. The number of carbonyl (C=O) groups is 1. The van der Waals surface area contributed by atoms with E-state index in [4.69, 9.17) is 0 Å². The van der Waals surface area contributed by atoms with Crippen LogP contribution in [0.1, 0.15) is 24.8 Å². The van der Waals surface area contributed by atoms with Crippen molar-refractivity contribution in [2.45, 2.75) is 25.8 Å². The first-order valence-corrected chi connectivity index (χ1v) is 11.0. The molecule has 0 radical (unpaired) electrons. The Kier molecular flexibility index (Phi) is 5.74. The lowest BCUT2D eigenvalue weighted by atomic mass is 9.92. The normalized spacial score (nSPS) is 24.8. The number of sulfone groups is 1. The van der Waals surface area contributed by atoms with Crippen molar-refractivity contribution in [2.24, 2.45) is 11.8 Å². The van der Waals surface area contributed by atoms with Gasteiger partial charge in [0, 0.05) is 44.7 Å². The Morgan fingerprint density at radius 3 is 2.48 bits per heavy atom. The summed E-state index contributed by atoms with van der Waals surface area (Å²) in [7, 11) is -3.08. The number of pyridine rings is 1. The highest BCUT2D eigenvalue weighted by atomic mass is 32.2. The van der Waals surface area contributed by atoms with E-state index in [2.05, 4.69) is 16.0 Å². The van der Waals surface area contributed by atoms with Crippen LogP contribution >= 0.6 is 0 Å². The SMILES string of the molecule is CS(=O)(=O)CCC(=O)N1C[C@H]2CCN(Cc3cccnc3)CC[C@H]2C1.